The molecular weight excluding hydrogens is 389 g/mol. The topological polar surface area (TPSA) is 65.4 Å². The first kappa shape index (κ1) is 19.1. The fraction of sp³-hybridized carbons (Fsp3) is 0.158. The number of hydrogen-bond acceptors (Lipinski definition) is 4. The molecule has 0 aliphatic heterocycles. The molecule has 0 saturated carbocycles. The van der Waals surface area contributed by atoms with E-state index >= 15 is 0 Å². The second-order valence-corrected chi connectivity index (χ2v) is 6.48. The maximum Gasteiger partial charge on any atom is 0.257 e. The van der Waals surface area contributed by atoms with Crippen molar-refractivity contribution in [2.45, 2.75) is 6.54 Å². The SMILES string of the molecule is COc1cc(OC)cc(C(=O)Nc2nn(Cc3ccccc3Cl)cc2Cl)c1. The van der Waals surface area contributed by atoms with Gasteiger partial charge in [-0.15, -0.1) is 0 Å². The van der Waals surface area contributed by atoms with Gasteiger partial charge in [0.2, 0.25) is 0 Å². The number of hydrogen-bond donors (Lipinski definition) is 1. The van der Waals surface area contributed by atoms with Crippen LogP contribution in [0.2, 0.25) is 10.0 Å². The van der Waals surface area contributed by atoms with E-state index in [-0.39, 0.29) is 11.7 Å². The summed E-state index contributed by atoms with van der Waals surface area (Å²) >= 11 is 12.4. The lowest BCUT2D eigenvalue weighted by Gasteiger charge is -2.08. The van der Waals surface area contributed by atoms with Crippen molar-refractivity contribution in [1.29, 1.82) is 0 Å². The summed E-state index contributed by atoms with van der Waals surface area (Å²) in [6.45, 7) is 0.433. The Balaban J connectivity index is 1.79. The normalized spacial score (nSPS) is 10.5. The summed E-state index contributed by atoms with van der Waals surface area (Å²) in [4.78, 5) is 12.6. The molecule has 1 N–H and O–H groups in total. The fourth-order valence-electron chi connectivity index (χ4n) is 2.48. The highest BCUT2D eigenvalue weighted by atomic mass is 35.5. The molecule has 8 heteroatoms. The predicted octanol–water partition coefficient (Wildman–Crippen LogP) is 4.51. The maximum absolute atomic E-state index is 12.6. The summed E-state index contributed by atoms with van der Waals surface area (Å²) in [5, 5.41) is 7.99. The van der Waals surface area contributed by atoms with Gasteiger partial charge in [0.25, 0.3) is 5.91 Å². The van der Waals surface area contributed by atoms with E-state index in [0.717, 1.165) is 5.56 Å². The van der Waals surface area contributed by atoms with Gasteiger partial charge in [0.15, 0.2) is 5.82 Å². The third-order valence-corrected chi connectivity index (χ3v) is 4.50. The van der Waals surface area contributed by atoms with E-state index in [4.69, 9.17) is 32.7 Å². The summed E-state index contributed by atoms with van der Waals surface area (Å²) in [5.74, 6) is 0.900. The summed E-state index contributed by atoms with van der Waals surface area (Å²) in [6.07, 6.45) is 1.63. The number of nitrogens with zero attached hydrogens (tertiary/aromatic N) is 2. The lowest BCUT2D eigenvalue weighted by atomic mass is 10.2. The number of rotatable bonds is 6. The summed E-state index contributed by atoms with van der Waals surface area (Å²) in [5.41, 5.74) is 1.26. The molecule has 1 amide bonds. The number of benzene rings is 2. The van der Waals surface area contributed by atoms with E-state index in [9.17, 15) is 4.79 Å². The number of aromatic nitrogens is 2. The van der Waals surface area contributed by atoms with Crippen LogP contribution in [0, 0.1) is 0 Å². The molecule has 0 bridgehead atoms. The van der Waals surface area contributed by atoms with E-state index in [2.05, 4.69) is 10.4 Å². The Morgan fingerprint density at radius 2 is 1.74 bits per heavy atom. The van der Waals surface area contributed by atoms with Gasteiger partial charge in [-0.25, -0.2) is 0 Å². The molecule has 0 radical (unpaired) electrons. The molecule has 1 heterocycles. The van der Waals surface area contributed by atoms with Crippen molar-refractivity contribution in [3.63, 3.8) is 0 Å². The Morgan fingerprint density at radius 1 is 1.07 bits per heavy atom. The predicted molar refractivity (Wildman–Crippen MR) is 105 cm³/mol. The first-order valence-electron chi connectivity index (χ1n) is 8.01. The molecule has 3 aromatic rings. The molecule has 140 valence electrons. The van der Waals surface area contributed by atoms with Gasteiger partial charge < -0.3 is 14.8 Å². The minimum Gasteiger partial charge on any atom is -0.497 e. The number of anilines is 1. The highest BCUT2D eigenvalue weighted by Gasteiger charge is 2.15. The van der Waals surface area contributed by atoms with Crippen molar-refractivity contribution in [3.05, 3.63) is 69.8 Å². The van der Waals surface area contributed by atoms with Gasteiger partial charge in [-0.05, 0) is 23.8 Å². The Morgan fingerprint density at radius 3 is 2.37 bits per heavy atom. The second-order valence-electron chi connectivity index (χ2n) is 5.67. The van der Waals surface area contributed by atoms with Gasteiger partial charge >= 0.3 is 0 Å². The Labute approximate surface area is 166 Å². The molecule has 0 saturated heterocycles. The number of ether oxygens (including phenoxy) is 2. The van der Waals surface area contributed by atoms with Crippen molar-refractivity contribution < 1.29 is 14.3 Å². The van der Waals surface area contributed by atoms with Crippen LogP contribution in [0.4, 0.5) is 5.82 Å². The third kappa shape index (κ3) is 4.53. The number of nitrogens with one attached hydrogen (secondary N) is 1. The molecule has 6 nitrogen and oxygen atoms in total. The molecule has 0 unspecified atom stereocenters. The molecular formula is C19H17Cl2N3O3. The standard InChI is InChI=1S/C19H17Cl2N3O3/c1-26-14-7-13(8-15(9-14)27-2)19(25)22-18-17(21)11-24(23-18)10-12-5-3-4-6-16(12)20/h3-9,11H,10H2,1-2H3,(H,22,23,25). The Kier molecular flexibility index (Phi) is 5.88. The monoisotopic (exact) mass is 405 g/mol. The maximum atomic E-state index is 12.6. The van der Waals surface area contributed by atoms with Crippen LogP contribution in [-0.2, 0) is 6.54 Å². The van der Waals surface area contributed by atoms with E-state index < -0.39 is 0 Å². The number of methoxy groups -OCH3 is 2. The minimum atomic E-state index is -0.378. The largest absolute Gasteiger partial charge is 0.497 e. The second kappa shape index (κ2) is 8.33. The van der Waals surface area contributed by atoms with Crippen molar-refractivity contribution in [1.82, 2.24) is 9.78 Å². The smallest absolute Gasteiger partial charge is 0.257 e. The summed E-state index contributed by atoms with van der Waals surface area (Å²) in [7, 11) is 3.04. The van der Waals surface area contributed by atoms with Crippen molar-refractivity contribution >= 4 is 34.9 Å². The van der Waals surface area contributed by atoms with Gasteiger partial charge in [0.05, 0.1) is 20.8 Å². The average Bonchev–Trinajstić information content (AvgIpc) is 3.02. The van der Waals surface area contributed by atoms with Crippen molar-refractivity contribution in [2.24, 2.45) is 0 Å². The molecule has 0 fully saturated rings. The number of carbonyl (C=O) groups excluding carboxylic acids is 1. The van der Waals surface area contributed by atoms with Gasteiger partial charge in [-0.1, -0.05) is 41.4 Å². The molecule has 0 spiro atoms. The van der Waals surface area contributed by atoms with Crippen LogP contribution in [0.5, 0.6) is 11.5 Å². The average molecular weight is 406 g/mol. The zero-order chi connectivity index (χ0) is 19.4. The van der Waals surface area contributed by atoms with Crippen LogP contribution in [-0.4, -0.2) is 29.9 Å². The number of halogens is 2. The van der Waals surface area contributed by atoms with Crippen LogP contribution >= 0.6 is 23.2 Å². The van der Waals surface area contributed by atoms with Gasteiger partial charge in [-0.3, -0.25) is 9.48 Å². The first-order chi connectivity index (χ1) is 13.0. The van der Waals surface area contributed by atoms with Gasteiger partial charge in [0.1, 0.15) is 16.5 Å². The highest BCUT2D eigenvalue weighted by molar-refractivity contribution is 6.33. The van der Waals surface area contributed by atoms with Crippen LogP contribution in [0.3, 0.4) is 0 Å². The highest BCUT2D eigenvalue weighted by Crippen LogP contribution is 2.25. The molecule has 0 atom stereocenters. The lowest BCUT2D eigenvalue weighted by Crippen LogP contribution is -2.13. The first-order valence-corrected chi connectivity index (χ1v) is 8.76. The van der Waals surface area contributed by atoms with Crippen LogP contribution in [0.15, 0.2) is 48.7 Å². The van der Waals surface area contributed by atoms with E-state index in [1.165, 1.54) is 14.2 Å². The summed E-state index contributed by atoms with van der Waals surface area (Å²) < 4.78 is 12.0. The van der Waals surface area contributed by atoms with Crippen molar-refractivity contribution in [3.8, 4) is 11.5 Å². The molecule has 0 aliphatic rings. The Bertz CT molecular complexity index is 950. The lowest BCUT2D eigenvalue weighted by molar-refractivity contribution is 0.102. The van der Waals surface area contributed by atoms with E-state index in [1.807, 2.05) is 18.2 Å². The molecule has 27 heavy (non-hydrogen) atoms. The Hall–Kier alpha value is -2.70. The molecule has 0 aliphatic carbocycles. The van der Waals surface area contributed by atoms with Crippen LogP contribution in [0.1, 0.15) is 15.9 Å². The zero-order valence-corrected chi connectivity index (χ0v) is 16.2. The summed E-state index contributed by atoms with van der Waals surface area (Å²) in [6, 6.07) is 12.3. The van der Waals surface area contributed by atoms with E-state index in [1.54, 1.807) is 35.1 Å². The third-order valence-electron chi connectivity index (χ3n) is 3.85. The minimum absolute atomic E-state index is 0.260. The van der Waals surface area contributed by atoms with Gasteiger partial charge in [-0.2, -0.15) is 5.10 Å². The number of amides is 1. The van der Waals surface area contributed by atoms with Gasteiger partial charge in [0, 0.05) is 22.8 Å². The number of carbonyl (C=O) groups is 1. The fourth-order valence-corrected chi connectivity index (χ4v) is 2.88. The van der Waals surface area contributed by atoms with E-state index in [0.29, 0.717) is 33.7 Å². The van der Waals surface area contributed by atoms with Crippen LogP contribution in [0.25, 0.3) is 0 Å². The molecule has 3 rings (SSSR count). The molecule has 2 aromatic carbocycles. The van der Waals surface area contributed by atoms with Crippen LogP contribution < -0.4 is 14.8 Å². The molecule has 1 aromatic heterocycles. The van der Waals surface area contributed by atoms with Crippen molar-refractivity contribution in [2.75, 3.05) is 19.5 Å². The quantitative estimate of drug-likeness (QED) is 0.655. The zero-order valence-electron chi connectivity index (χ0n) is 14.7.